The maximum absolute atomic E-state index is 5.94. The van der Waals surface area contributed by atoms with Crippen molar-refractivity contribution >= 4 is 0 Å². The van der Waals surface area contributed by atoms with Gasteiger partial charge in [0.05, 0.1) is 6.10 Å². The first kappa shape index (κ1) is 10.2. The molecule has 2 nitrogen and oxygen atoms in total. The molecule has 0 aromatic rings. The molecule has 0 radical (unpaired) electrons. The summed E-state index contributed by atoms with van der Waals surface area (Å²) in [6.07, 6.45) is 11.4. The number of rotatable bonds is 2. The SMILES string of the molecule is NC1CCCC(=CCC2CCCO2)C1. The first-order valence-electron chi connectivity index (χ1n) is 5.89. The summed E-state index contributed by atoms with van der Waals surface area (Å²) in [4.78, 5) is 0. The number of ether oxygens (including phenoxy) is 1. The summed E-state index contributed by atoms with van der Waals surface area (Å²) in [5.41, 5.74) is 7.51. The zero-order valence-electron chi connectivity index (χ0n) is 8.87. The molecule has 2 fully saturated rings. The zero-order chi connectivity index (χ0) is 9.80. The smallest absolute Gasteiger partial charge is 0.0610 e. The fourth-order valence-corrected chi connectivity index (χ4v) is 2.45. The molecule has 2 heteroatoms. The predicted octanol–water partition coefficient (Wildman–Crippen LogP) is 2.38. The van der Waals surface area contributed by atoms with Crippen LogP contribution in [0, 0.1) is 0 Å². The average molecular weight is 195 g/mol. The van der Waals surface area contributed by atoms with Crippen LogP contribution in [-0.2, 0) is 4.74 Å². The van der Waals surface area contributed by atoms with Gasteiger partial charge < -0.3 is 10.5 Å². The van der Waals surface area contributed by atoms with Crippen molar-refractivity contribution in [2.45, 2.75) is 57.1 Å². The van der Waals surface area contributed by atoms with Gasteiger partial charge in [0.1, 0.15) is 0 Å². The van der Waals surface area contributed by atoms with Gasteiger partial charge in [0.2, 0.25) is 0 Å². The fraction of sp³-hybridized carbons (Fsp3) is 0.833. The van der Waals surface area contributed by atoms with E-state index in [1.807, 2.05) is 0 Å². The molecule has 2 aliphatic rings. The zero-order valence-corrected chi connectivity index (χ0v) is 8.87. The van der Waals surface area contributed by atoms with Crippen LogP contribution in [0.25, 0.3) is 0 Å². The van der Waals surface area contributed by atoms with Crippen LogP contribution in [0.3, 0.4) is 0 Å². The molecular weight excluding hydrogens is 174 g/mol. The second kappa shape index (κ2) is 4.94. The van der Waals surface area contributed by atoms with E-state index in [0.29, 0.717) is 12.1 Å². The van der Waals surface area contributed by atoms with E-state index in [-0.39, 0.29) is 0 Å². The molecule has 2 rings (SSSR count). The Hall–Kier alpha value is -0.340. The van der Waals surface area contributed by atoms with Crippen molar-refractivity contribution < 1.29 is 4.74 Å². The van der Waals surface area contributed by atoms with Gasteiger partial charge in [-0.1, -0.05) is 11.6 Å². The molecule has 2 atom stereocenters. The lowest BCUT2D eigenvalue weighted by molar-refractivity contribution is 0.113. The van der Waals surface area contributed by atoms with E-state index in [9.17, 15) is 0 Å². The highest BCUT2D eigenvalue weighted by Gasteiger charge is 2.16. The summed E-state index contributed by atoms with van der Waals surface area (Å²) in [7, 11) is 0. The molecule has 1 saturated carbocycles. The van der Waals surface area contributed by atoms with Gasteiger partial charge in [-0.05, 0) is 44.9 Å². The summed E-state index contributed by atoms with van der Waals surface area (Å²) in [6.45, 7) is 0.966. The molecule has 0 aromatic heterocycles. The van der Waals surface area contributed by atoms with Gasteiger partial charge in [-0.3, -0.25) is 0 Å². The van der Waals surface area contributed by atoms with Gasteiger partial charge in [-0.25, -0.2) is 0 Å². The first-order valence-corrected chi connectivity index (χ1v) is 5.89. The van der Waals surface area contributed by atoms with E-state index < -0.39 is 0 Å². The summed E-state index contributed by atoms with van der Waals surface area (Å²) in [5.74, 6) is 0. The Labute approximate surface area is 86.5 Å². The molecule has 2 unspecified atom stereocenters. The summed E-state index contributed by atoms with van der Waals surface area (Å²) in [5, 5.41) is 0. The van der Waals surface area contributed by atoms with Crippen molar-refractivity contribution in [3.63, 3.8) is 0 Å². The molecule has 0 amide bonds. The van der Waals surface area contributed by atoms with Crippen molar-refractivity contribution in [2.24, 2.45) is 5.73 Å². The van der Waals surface area contributed by atoms with Crippen molar-refractivity contribution in [3.05, 3.63) is 11.6 Å². The maximum atomic E-state index is 5.94. The highest BCUT2D eigenvalue weighted by Crippen LogP contribution is 2.24. The third-order valence-corrected chi connectivity index (χ3v) is 3.29. The van der Waals surface area contributed by atoms with E-state index in [1.165, 1.54) is 32.1 Å². The largest absolute Gasteiger partial charge is 0.378 e. The van der Waals surface area contributed by atoms with Gasteiger partial charge in [-0.15, -0.1) is 0 Å². The van der Waals surface area contributed by atoms with Gasteiger partial charge in [0.25, 0.3) is 0 Å². The second-order valence-electron chi connectivity index (χ2n) is 4.59. The lowest BCUT2D eigenvalue weighted by atomic mass is 9.90. The minimum absolute atomic E-state index is 0.416. The molecule has 14 heavy (non-hydrogen) atoms. The molecule has 0 bridgehead atoms. The van der Waals surface area contributed by atoms with Crippen molar-refractivity contribution in [1.29, 1.82) is 0 Å². The van der Waals surface area contributed by atoms with E-state index in [0.717, 1.165) is 19.4 Å². The van der Waals surface area contributed by atoms with Crippen LogP contribution in [0.4, 0.5) is 0 Å². The van der Waals surface area contributed by atoms with E-state index >= 15 is 0 Å². The monoisotopic (exact) mass is 195 g/mol. The first-order chi connectivity index (χ1) is 6.84. The van der Waals surface area contributed by atoms with Crippen LogP contribution in [0.5, 0.6) is 0 Å². The predicted molar refractivity (Wildman–Crippen MR) is 58.1 cm³/mol. The molecule has 1 aliphatic heterocycles. The van der Waals surface area contributed by atoms with Gasteiger partial charge >= 0.3 is 0 Å². The van der Waals surface area contributed by atoms with Crippen LogP contribution < -0.4 is 5.73 Å². The van der Waals surface area contributed by atoms with E-state index in [4.69, 9.17) is 10.5 Å². The molecular formula is C12H21NO. The van der Waals surface area contributed by atoms with Crippen LogP contribution >= 0.6 is 0 Å². The molecule has 0 spiro atoms. The Bertz CT molecular complexity index is 206. The quantitative estimate of drug-likeness (QED) is 0.687. The average Bonchev–Trinajstić information content (AvgIpc) is 2.67. The van der Waals surface area contributed by atoms with E-state index in [2.05, 4.69) is 6.08 Å². The Morgan fingerprint density at radius 2 is 2.29 bits per heavy atom. The van der Waals surface area contributed by atoms with Crippen LogP contribution in [0.2, 0.25) is 0 Å². The fourth-order valence-electron chi connectivity index (χ4n) is 2.45. The summed E-state index contributed by atoms with van der Waals surface area (Å²) in [6, 6.07) is 0.416. The van der Waals surface area contributed by atoms with Crippen LogP contribution in [0.1, 0.15) is 44.9 Å². The molecule has 1 saturated heterocycles. The molecule has 80 valence electrons. The number of hydrogen-bond donors (Lipinski definition) is 1. The van der Waals surface area contributed by atoms with Gasteiger partial charge in [0, 0.05) is 12.6 Å². The minimum Gasteiger partial charge on any atom is -0.378 e. The normalized spacial score (nSPS) is 36.5. The minimum atomic E-state index is 0.416. The maximum Gasteiger partial charge on any atom is 0.0610 e. The molecule has 2 N–H and O–H groups in total. The standard InChI is InChI=1S/C12H21NO/c13-11-4-1-3-10(9-11)6-7-12-5-2-8-14-12/h6,11-12H,1-5,7-9,13H2. The summed E-state index contributed by atoms with van der Waals surface area (Å²) >= 11 is 0. The molecule has 1 heterocycles. The summed E-state index contributed by atoms with van der Waals surface area (Å²) < 4.78 is 5.59. The van der Waals surface area contributed by atoms with Gasteiger partial charge in [0.15, 0.2) is 0 Å². The lowest BCUT2D eigenvalue weighted by Gasteiger charge is -2.20. The Balaban J connectivity index is 1.78. The highest BCUT2D eigenvalue weighted by molar-refractivity contribution is 5.07. The van der Waals surface area contributed by atoms with Crippen molar-refractivity contribution in [3.8, 4) is 0 Å². The lowest BCUT2D eigenvalue weighted by Crippen LogP contribution is -2.23. The Morgan fingerprint density at radius 3 is 3.00 bits per heavy atom. The molecule has 0 aromatic carbocycles. The second-order valence-corrected chi connectivity index (χ2v) is 4.59. The van der Waals surface area contributed by atoms with E-state index in [1.54, 1.807) is 5.57 Å². The topological polar surface area (TPSA) is 35.2 Å². The Morgan fingerprint density at radius 1 is 1.36 bits per heavy atom. The highest BCUT2D eigenvalue weighted by atomic mass is 16.5. The molecule has 1 aliphatic carbocycles. The van der Waals surface area contributed by atoms with Crippen molar-refractivity contribution in [2.75, 3.05) is 6.61 Å². The number of hydrogen-bond acceptors (Lipinski definition) is 2. The van der Waals surface area contributed by atoms with Crippen LogP contribution in [-0.4, -0.2) is 18.8 Å². The number of nitrogens with two attached hydrogens (primary N) is 1. The third kappa shape index (κ3) is 2.82. The third-order valence-electron chi connectivity index (χ3n) is 3.29. The van der Waals surface area contributed by atoms with Crippen molar-refractivity contribution in [1.82, 2.24) is 0 Å². The van der Waals surface area contributed by atoms with Crippen LogP contribution in [0.15, 0.2) is 11.6 Å². The van der Waals surface area contributed by atoms with Gasteiger partial charge in [-0.2, -0.15) is 0 Å². The Kier molecular flexibility index (Phi) is 3.60.